The fourth-order valence-electron chi connectivity index (χ4n) is 5.92. The molecule has 2 bridgehead atoms. The van der Waals surface area contributed by atoms with Crippen molar-refractivity contribution in [3.63, 3.8) is 0 Å². The molecule has 8 nitrogen and oxygen atoms in total. The van der Waals surface area contributed by atoms with E-state index in [2.05, 4.69) is 4.98 Å². The second kappa shape index (κ2) is 9.81. The van der Waals surface area contributed by atoms with E-state index in [0.29, 0.717) is 22.6 Å². The summed E-state index contributed by atoms with van der Waals surface area (Å²) in [5.74, 6) is -2.59. The fraction of sp³-hybridized carbons (Fsp3) is 0.219. The van der Waals surface area contributed by atoms with E-state index in [-0.39, 0.29) is 18.1 Å². The van der Waals surface area contributed by atoms with Crippen LogP contribution in [0.25, 0.3) is 0 Å². The molecule has 1 aromatic heterocycles. The third kappa shape index (κ3) is 3.75. The number of nitrogens with zero attached hydrogens (tertiary/aromatic N) is 1. The Labute approximate surface area is 231 Å². The van der Waals surface area contributed by atoms with Gasteiger partial charge in [0.2, 0.25) is 11.4 Å². The summed E-state index contributed by atoms with van der Waals surface area (Å²) in [6.45, 7) is 0.283. The number of benzene rings is 3. The number of ketones is 1. The van der Waals surface area contributed by atoms with E-state index in [0.717, 1.165) is 5.56 Å². The van der Waals surface area contributed by atoms with Gasteiger partial charge in [0.1, 0.15) is 35.5 Å². The molecule has 0 saturated heterocycles. The molecular weight excluding hydrogens is 510 g/mol. The van der Waals surface area contributed by atoms with E-state index < -0.39 is 34.8 Å². The largest absolute Gasteiger partial charge is 0.497 e. The standard InChI is InChI=1S/C32H27NO7/c1-37-23-15-13-22(14-16-23)32-26(21-11-7-4-8-12-21)27(29(34)38-2)31(36,30(32)35)28-25(40-32)17-24(18-33-28)39-19-20-9-5-3-6-10-20/h3-18,26-27,36H,19H2,1-2H3/t26-,27-,31-,32?/m1/s1. The first-order valence-electron chi connectivity index (χ1n) is 12.8. The van der Waals surface area contributed by atoms with Crippen molar-refractivity contribution in [3.8, 4) is 17.2 Å². The monoisotopic (exact) mass is 537 g/mol. The first kappa shape index (κ1) is 25.6. The van der Waals surface area contributed by atoms with Crippen molar-refractivity contribution in [1.29, 1.82) is 0 Å². The minimum Gasteiger partial charge on any atom is -0.497 e. The molecule has 1 N–H and O–H groups in total. The summed E-state index contributed by atoms with van der Waals surface area (Å²) in [5.41, 5.74) is -2.10. The highest BCUT2D eigenvalue weighted by Gasteiger charge is 2.77. The van der Waals surface area contributed by atoms with Crippen molar-refractivity contribution < 1.29 is 33.6 Å². The topological polar surface area (TPSA) is 104 Å². The maximum absolute atomic E-state index is 14.5. The predicted octanol–water partition coefficient (Wildman–Crippen LogP) is 4.30. The number of esters is 1. The Morgan fingerprint density at radius 1 is 0.950 bits per heavy atom. The van der Waals surface area contributed by atoms with Gasteiger partial charge < -0.3 is 24.1 Å². The Bertz CT molecular complexity index is 1560. The van der Waals surface area contributed by atoms with Crippen LogP contribution in [0.4, 0.5) is 0 Å². The molecule has 0 amide bonds. The number of pyridine rings is 1. The van der Waals surface area contributed by atoms with E-state index in [9.17, 15) is 14.7 Å². The number of rotatable bonds is 7. The van der Waals surface area contributed by atoms with Gasteiger partial charge in [-0.1, -0.05) is 72.8 Å². The highest BCUT2D eigenvalue weighted by atomic mass is 16.5. The Balaban J connectivity index is 1.54. The molecule has 202 valence electrons. The summed E-state index contributed by atoms with van der Waals surface area (Å²) in [5, 5.41) is 12.3. The van der Waals surface area contributed by atoms with E-state index >= 15 is 0 Å². The van der Waals surface area contributed by atoms with Crippen molar-refractivity contribution in [3.05, 3.63) is 120 Å². The first-order chi connectivity index (χ1) is 19.4. The normalized spacial score (nSPS) is 24.5. The van der Waals surface area contributed by atoms with E-state index in [1.54, 1.807) is 49.6 Å². The Hall–Kier alpha value is -4.69. The Morgan fingerprint density at radius 3 is 2.27 bits per heavy atom. The molecule has 4 aromatic rings. The summed E-state index contributed by atoms with van der Waals surface area (Å²) in [6.07, 6.45) is 1.42. The quantitative estimate of drug-likeness (QED) is 0.348. The Morgan fingerprint density at radius 2 is 1.62 bits per heavy atom. The minimum atomic E-state index is -2.32. The number of carbonyl (C=O) groups excluding carboxylic acids is 2. The molecule has 0 radical (unpaired) electrons. The van der Waals surface area contributed by atoms with Crippen molar-refractivity contribution in [2.75, 3.05) is 14.2 Å². The highest BCUT2D eigenvalue weighted by Crippen LogP contribution is 2.64. The first-order valence-corrected chi connectivity index (χ1v) is 12.8. The number of aliphatic hydroxyl groups is 1. The van der Waals surface area contributed by atoms with Gasteiger partial charge in [-0.25, -0.2) is 4.98 Å². The molecule has 1 aliphatic heterocycles. The number of carbonyl (C=O) groups is 2. The van der Waals surface area contributed by atoms with Crippen LogP contribution >= 0.6 is 0 Å². The van der Waals surface area contributed by atoms with Crippen LogP contribution in [0.5, 0.6) is 17.2 Å². The van der Waals surface area contributed by atoms with Crippen LogP contribution in [0.2, 0.25) is 0 Å². The lowest BCUT2D eigenvalue weighted by Gasteiger charge is -2.39. The summed E-state index contributed by atoms with van der Waals surface area (Å²) in [4.78, 5) is 32.3. The zero-order valence-electron chi connectivity index (χ0n) is 21.9. The van der Waals surface area contributed by atoms with Crippen LogP contribution in [0.1, 0.15) is 28.3 Å². The van der Waals surface area contributed by atoms with E-state index in [1.807, 2.05) is 48.5 Å². The van der Waals surface area contributed by atoms with E-state index in [4.69, 9.17) is 18.9 Å². The average molecular weight is 538 g/mol. The molecule has 2 heterocycles. The van der Waals surface area contributed by atoms with Gasteiger partial charge in [-0.2, -0.15) is 0 Å². The Kier molecular flexibility index (Phi) is 6.27. The maximum Gasteiger partial charge on any atom is 0.313 e. The number of methoxy groups -OCH3 is 2. The molecule has 6 rings (SSSR count). The lowest BCUT2D eigenvalue weighted by molar-refractivity contribution is -0.163. The number of Topliss-reactive ketones (excluding diaryl/α,β-unsaturated/α-hetero) is 1. The van der Waals surface area contributed by atoms with E-state index in [1.165, 1.54) is 13.3 Å². The second-order valence-electron chi connectivity index (χ2n) is 9.84. The van der Waals surface area contributed by atoms with Crippen LogP contribution in [0.15, 0.2) is 97.2 Å². The molecule has 1 unspecified atom stereocenters. The van der Waals surface area contributed by atoms with Gasteiger partial charge in [0, 0.05) is 11.6 Å². The van der Waals surface area contributed by atoms with Gasteiger partial charge in [0.05, 0.1) is 26.3 Å². The van der Waals surface area contributed by atoms with Crippen molar-refractivity contribution in [2.24, 2.45) is 5.92 Å². The molecule has 2 aliphatic rings. The molecular formula is C32H27NO7. The molecule has 8 heteroatoms. The molecule has 1 saturated carbocycles. The fourth-order valence-corrected chi connectivity index (χ4v) is 5.92. The predicted molar refractivity (Wildman–Crippen MR) is 144 cm³/mol. The lowest BCUT2D eigenvalue weighted by Crippen LogP contribution is -2.51. The highest BCUT2D eigenvalue weighted by molar-refractivity contribution is 6.06. The second-order valence-corrected chi connectivity index (χ2v) is 9.84. The molecule has 4 atom stereocenters. The summed E-state index contributed by atoms with van der Waals surface area (Å²) >= 11 is 0. The summed E-state index contributed by atoms with van der Waals surface area (Å²) in [7, 11) is 2.78. The van der Waals surface area contributed by atoms with Gasteiger partial charge in [0.15, 0.2) is 5.60 Å². The molecule has 3 aromatic carbocycles. The number of hydrogen-bond acceptors (Lipinski definition) is 8. The number of aromatic nitrogens is 1. The third-order valence-corrected chi connectivity index (χ3v) is 7.75. The van der Waals surface area contributed by atoms with Gasteiger partial charge in [-0.15, -0.1) is 0 Å². The third-order valence-electron chi connectivity index (χ3n) is 7.75. The molecule has 40 heavy (non-hydrogen) atoms. The number of ether oxygens (including phenoxy) is 4. The zero-order chi connectivity index (χ0) is 27.9. The van der Waals surface area contributed by atoms with Gasteiger partial charge in [-0.05, 0) is 23.3 Å². The van der Waals surface area contributed by atoms with Crippen LogP contribution in [0.3, 0.4) is 0 Å². The van der Waals surface area contributed by atoms with Crippen LogP contribution in [-0.4, -0.2) is 36.1 Å². The zero-order valence-corrected chi connectivity index (χ0v) is 21.9. The lowest BCUT2D eigenvalue weighted by atomic mass is 9.75. The number of hydrogen-bond donors (Lipinski definition) is 1. The maximum atomic E-state index is 14.5. The van der Waals surface area contributed by atoms with Crippen LogP contribution in [0, 0.1) is 5.92 Å². The van der Waals surface area contributed by atoms with Crippen molar-refractivity contribution >= 4 is 11.8 Å². The molecule has 0 spiro atoms. The summed E-state index contributed by atoms with van der Waals surface area (Å²) in [6, 6.07) is 27.1. The molecule has 1 aliphatic carbocycles. The van der Waals surface area contributed by atoms with Crippen molar-refractivity contribution in [1.82, 2.24) is 4.98 Å². The molecule has 1 fully saturated rings. The van der Waals surface area contributed by atoms with Gasteiger partial charge in [0.25, 0.3) is 0 Å². The smallest absolute Gasteiger partial charge is 0.313 e. The number of fused-ring (bicyclic) bond motifs is 4. The van der Waals surface area contributed by atoms with Crippen LogP contribution < -0.4 is 14.2 Å². The van der Waals surface area contributed by atoms with Gasteiger partial charge >= 0.3 is 5.97 Å². The van der Waals surface area contributed by atoms with Crippen molar-refractivity contribution in [2.45, 2.75) is 23.7 Å². The SMILES string of the molecule is COC(=O)[C@H]1[C@@H](c2ccccc2)C2(c3ccc(OC)cc3)Oc3cc(OCc4ccccc4)cnc3[C@@]1(O)C2=O. The van der Waals surface area contributed by atoms with Gasteiger partial charge in [-0.3, -0.25) is 9.59 Å². The van der Waals surface area contributed by atoms with Crippen LogP contribution in [-0.2, 0) is 32.1 Å². The average Bonchev–Trinajstić information content (AvgIpc) is 3.13. The minimum absolute atomic E-state index is 0.0532. The summed E-state index contributed by atoms with van der Waals surface area (Å²) < 4.78 is 23.1.